The van der Waals surface area contributed by atoms with Crippen LogP contribution in [0.25, 0.3) is 0 Å². The molecule has 2 rings (SSSR count). The van der Waals surface area contributed by atoms with Gasteiger partial charge in [-0.05, 0) is 64.6 Å². The fourth-order valence-corrected chi connectivity index (χ4v) is 4.77. The van der Waals surface area contributed by atoms with Gasteiger partial charge >= 0.3 is 0 Å². The van der Waals surface area contributed by atoms with Crippen LogP contribution in [0, 0.1) is 0 Å². The SMILES string of the molecule is CC1CCCC(C)N1NC(CN)c1cc(Br)c(Br)s1. The van der Waals surface area contributed by atoms with Gasteiger partial charge in [-0.3, -0.25) is 0 Å². The van der Waals surface area contributed by atoms with E-state index in [0.717, 1.165) is 8.26 Å². The summed E-state index contributed by atoms with van der Waals surface area (Å²) in [5.41, 5.74) is 9.60. The highest BCUT2D eigenvalue weighted by Crippen LogP contribution is 2.35. The summed E-state index contributed by atoms with van der Waals surface area (Å²) in [4.78, 5) is 1.27. The summed E-state index contributed by atoms with van der Waals surface area (Å²) >= 11 is 8.83. The highest BCUT2D eigenvalue weighted by Gasteiger charge is 2.27. The van der Waals surface area contributed by atoms with Crippen LogP contribution in [-0.2, 0) is 0 Å². The molecule has 1 aromatic heterocycles. The zero-order valence-corrected chi connectivity index (χ0v) is 15.3. The maximum atomic E-state index is 5.96. The molecule has 2 heterocycles. The molecule has 3 unspecified atom stereocenters. The van der Waals surface area contributed by atoms with Crippen LogP contribution in [-0.4, -0.2) is 23.6 Å². The smallest absolute Gasteiger partial charge is 0.0843 e. The molecule has 3 N–H and O–H groups in total. The van der Waals surface area contributed by atoms with Gasteiger partial charge in [-0.25, -0.2) is 10.4 Å². The van der Waals surface area contributed by atoms with Gasteiger partial charge in [-0.2, -0.15) is 0 Å². The standard InChI is InChI=1S/C13H21Br2N3S/c1-8-4-3-5-9(2)18(8)17-11(7-16)12-6-10(14)13(15)19-12/h6,8-9,11,17H,3-5,7,16H2,1-2H3. The van der Waals surface area contributed by atoms with E-state index < -0.39 is 0 Å². The van der Waals surface area contributed by atoms with E-state index in [-0.39, 0.29) is 6.04 Å². The summed E-state index contributed by atoms with van der Waals surface area (Å²) in [5, 5.41) is 2.39. The van der Waals surface area contributed by atoms with Gasteiger partial charge in [-0.15, -0.1) is 11.3 Å². The number of rotatable bonds is 4. The highest BCUT2D eigenvalue weighted by molar-refractivity contribution is 9.13. The lowest BCUT2D eigenvalue weighted by molar-refractivity contribution is 0.0310. The summed E-state index contributed by atoms with van der Waals surface area (Å²) in [6.07, 6.45) is 3.84. The number of nitrogens with zero attached hydrogens (tertiary/aromatic N) is 1. The maximum absolute atomic E-state index is 5.96. The Labute approximate surface area is 136 Å². The van der Waals surface area contributed by atoms with E-state index in [9.17, 15) is 0 Å². The second kappa shape index (κ2) is 7.00. The third-order valence-electron chi connectivity index (χ3n) is 3.74. The van der Waals surface area contributed by atoms with Crippen molar-refractivity contribution in [3.8, 4) is 0 Å². The molecule has 1 fully saturated rings. The molecule has 1 saturated heterocycles. The summed E-state index contributed by atoms with van der Waals surface area (Å²) in [6.45, 7) is 5.18. The van der Waals surface area contributed by atoms with Gasteiger partial charge in [0.2, 0.25) is 0 Å². The van der Waals surface area contributed by atoms with E-state index in [4.69, 9.17) is 5.73 Å². The van der Waals surface area contributed by atoms with E-state index in [2.05, 4.69) is 62.2 Å². The molecule has 0 radical (unpaired) electrons. The van der Waals surface area contributed by atoms with Gasteiger partial charge in [-0.1, -0.05) is 6.42 Å². The number of halogens is 2. The molecule has 0 bridgehead atoms. The maximum Gasteiger partial charge on any atom is 0.0843 e. The van der Waals surface area contributed by atoms with E-state index in [1.54, 1.807) is 11.3 Å². The number of thiophene rings is 1. The minimum atomic E-state index is 0.190. The van der Waals surface area contributed by atoms with Crippen LogP contribution in [0.2, 0.25) is 0 Å². The number of hydrogen-bond acceptors (Lipinski definition) is 4. The highest BCUT2D eigenvalue weighted by atomic mass is 79.9. The Morgan fingerprint density at radius 3 is 2.53 bits per heavy atom. The second-order valence-corrected chi connectivity index (χ2v) is 8.48. The van der Waals surface area contributed by atoms with Gasteiger partial charge in [0.25, 0.3) is 0 Å². The van der Waals surface area contributed by atoms with Crippen molar-refractivity contribution < 1.29 is 0 Å². The Bertz CT molecular complexity index is 395. The number of hydrazine groups is 1. The fraction of sp³-hybridized carbons (Fsp3) is 0.692. The van der Waals surface area contributed by atoms with Gasteiger partial charge in [0, 0.05) is 28.0 Å². The molecule has 108 valence electrons. The first-order valence-electron chi connectivity index (χ1n) is 6.72. The van der Waals surface area contributed by atoms with Crippen LogP contribution >= 0.6 is 43.2 Å². The molecule has 3 atom stereocenters. The molecule has 19 heavy (non-hydrogen) atoms. The Hall–Kier alpha value is 0.540. The van der Waals surface area contributed by atoms with Crippen molar-refractivity contribution in [3.63, 3.8) is 0 Å². The van der Waals surface area contributed by atoms with Crippen molar-refractivity contribution >= 4 is 43.2 Å². The molecule has 0 saturated carbocycles. The summed E-state index contributed by atoms with van der Waals surface area (Å²) in [7, 11) is 0. The average Bonchev–Trinajstić information content (AvgIpc) is 2.69. The third kappa shape index (κ3) is 3.80. The van der Waals surface area contributed by atoms with Gasteiger partial charge in [0.15, 0.2) is 0 Å². The van der Waals surface area contributed by atoms with E-state index in [1.807, 2.05) is 0 Å². The van der Waals surface area contributed by atoms with Crippen molar-refractivity contribution in [3.05, 3.63) is 19.2 Å². The fourth-order valence-electron chi connectivity index (χ4n) is 2.62. The topological polar surface area (TPSA) is 41.3 Å². The van der Waals surface area contributed by atoms with Crippen LogP contribution < -0.4 is 11.2 Å². The Kier molecular flexibility index (Phi) is 5.87. The molecule has 1 aliphatic heterocycles. The van der Waals surface area contributed by atoms with Gasteiger partial charge in [0.1, 0.15) is 0 Å². The predicted molar refractivity (Wildman–Crippen MR) is 89.3 cm³/mol. The lowest BCUT2D eigenvalue weighted by Crippen LogP contribution is -2.54. The molecule has 0 amide bonds. The number of nitrogens with two attached hydrogens (primary N) is 1. The molecular formula is C13H21Br2N3S. The van der Waals surface area contributed by atoms with Crippen LogP contribution in [0.3, 0.4) is 0 Å². The Morgan fingerprint density at radius 1 is 1.42 bits per heavy atom. The third-order valence-corrected chi connectivity index (χ3v) is 7.11. The minimum absolute atomic E-state index is 0.190. The summed E-state index contributed by atoms with van der Waals surface area (Å²) in [5.74, 6) is 0. The van der Waals surface area contributed by atoms with Crippen molar-refractivity contribution in [2.24, 2.45) is 5.73 Å². The number of piperidine rings is 1. The number of hydrogen-bond donors (Lipinski definition) is 2. The summed E-state index contributed by atoms with van der Waals surface area (Å²) < 4.78 is 2.23. The minimum Gasteiger partial charge on any atom is -0.329 e. The van der Waals surface area contributed by atoms with E-state index in [1.165, 1.54) is 24.1 Å². The first kappa shape index (κ1) is 15.9. The first-order valence-corrected chi connectivity index (χ1v) is 9.12. The normalized spacial score (nSPS) is 26.6. The van der Waals surface area contributed by atoms with Crippen LogP contribution in [0.4, 0.5) is 0 Å². The first-order chi connectivity index (χ1) is 9.02. The quantitative estimate of drug-likeness (QED) is 0.786. The molecule has 3 nitrogen and oxygen atoms in total. The second-order valence-electron chi connectivity index (χ2n) is 5.22. The molecule has 0 aromatic carbocycles. The molecule has 0 aliphatic carbocycles. The van der Waals surface area contributed by atoms with E-state index >= 15 is 0 Å². The average molecular weight is 411 g/mol. The molecule has 0 spiro atoms. The molecule has 1 aromatic rings. The van der Waals surface area contributed by atoms with Crippen LogP contribution in [0.5, 0.6) is 0 Å². The van der Waals surface area contributed by atoms with Crippen LogP contribution in [0.15, 0.2) is 14.3 Å². The largest absolute Gasteiger partial charge is 0.329 e. The van der Waals surface area contributed by atoms with Crippen molar-refractivity contribution in [2.75, 3.05) is 6.54 Å². The van der Waals surface area contributed by atoms with Crippen molar-refractivity contribution in [1.29, 1.82) is 0 Å². The van der Waals surface area contributed by atoms with Gasteiger partial charge in [0.05, 0.1) is 9.83 Å². The van der Waals surface area contributed by atoms with Crippen molar-refractivity contribution in [1.82, 2.24) is 10.4 Å². The lowest BCUT2D eigenvalue weighted by atomic mass is 9.99. The zero-order valence-electron chi connectivity index (χ0n) is 11.3. The van der Waals surface area contributed by atoms with E-state index in [0.29, 0.717) is 18.6 Å². The molecule has 6 heteroatoms. The molecular weight excluding hydrogens is 390 g/mol. The zero-order chi connectivity index (χ0) is 14.0. The molecule has 1 aliphatic rings. The van der Waals surface area contributed by atoms with Gasteiger partial charge < -0.3 is 5.73 Å². The predicted octanol–water partition coefficient (Wildman–Crippen LogP) is 4.04. The Balaban J connectivity index is 2.09. The van der Waals surface area contributed by atoms with Crippen LogP contribution in [0.1, 0.15) is 44.0 Å². The van der Waals surface area contributed by atoms with Crippen molar-refractivity contribution in [2.45, 2.75) is 51.2 Å². The lowest BCUT2D eigenvalue weighted by Gasteiger charge is -2.41. The Morgan fingerprint density at radius 2 is 2.05 bits per heavy atom. The number of nitrogens with one attached hydrogen (secondary N) is 1. The summed E-state index contributed by atoms with van der Waals surface area (Å²) in [6, 6.07) is 3.49. The monoisotopic (exact) mass is 409 g/mol.